The van der Waals surface area contributed by atoms with Crippen molar-refractivity contribution in [2.45, 2.75) is 30.8 Å². The van der Waals surface area contributed by atoms with Crippen molar-refractivity contribution in [1.82, 2.24) is 9.62 Å². The first-order valence-electron chi connectivity index (χ1n) is 9.79. The number of carbonyl (C=O) groups is 1. The number of hydrogen-bond donors (Lipinski definition) is 1. The summed E-state index contributed by atoms with van der Waals surface area (Å²) in [6, 6.07) is 11.7. The lowest BCUT2D eigenvalue weighted by Crippen LogP contribution is -2.38. The molecule has 7 nitrogen and oxygen atoms in total. The van der Waals surface area contributed by atoms with E-state index in [1.165, 1.54) is 40.7 Å². The van der Waals surface area contributed by atoms with Gasteiger partial charge in [0.2, 0.25) is 10.0 Å². The third-order valence-corrected chi connectivity index (χ3v) is 6.61. The van der Waals surface area contributed by atoms with Gasteiger partial charge in [0.15, 0.2) is 6.10 Å². The molecule has 162 valence electrons. The highest BCUT2D eigenvalue weighted by molar-refractivity contribution is 7.89. The van der Waals surface area contributed by atoms with Gasteiger partial charge in [-0.05, 0) is 68.3 Å². The fourth-order valence-corrected chi connectivity index (χ4v) is 4.56. The normalized spacial score (nSPS) is 15.5. The molecule has 0 saturated carbocycles. The van der Waals surface area contributed by atoms with Crippen LogP contribution in [-0.4, -0.2) is 51.0 Å². The molecule has 2 aromatic rings. The second kappa shape index (κ2) is 9.90. The molecular weight excluding hydrogens is 411 g/mol. The first-order valence-corrected chi connectivity index (χ1v) is 11.2. The van der Waals surface area contributed by atoms with Crippen LogP contribution >= 0.6 is 0 Å². The second-order valence-corrected chi connectivity index (χ2v) is 8.87. The summed E-state index contributed by atoms with van der Waals surface area (Å²) in [6.45, 7) is 3.18. The lowest BCUT2D eigenvalue weighted by atomic mass is 10.3. The molecule has 0 spiro atoms. The van der Waals surface area contributed by atoms with Crippen molar-refractivity contribution in [2.24, 2.45) is 0 Å². The van der Waals surface area contributed by atoms with E-state index in [-0.39, 0.29) is 29.8 Å². The number of ether oxygens (including phenoxy) is 2. The van der Waals surface area contributed by atoms with Crippen LogP contribution in [0.15, 0.2) is 53.4 Å². The SMILES string of the molecule is CC(Oc1ccc(F)cc1)C(=O)NCCOc1ccc(S(=O)(=O)N2CCCC2)cc1. The van der Waals surface area contributed by atoms with Crippen LogP contribution in [0.25, 0.3) is 0 Å². The van der Waals surface area contributed by atoms with Crippen LogP contribution in [0.2, 0.25) is 0 Å². The Balaban J connectivity index is 1.41. The first-order chi connectivity index (χ1) is 14.4. The van der Waals surface area contributed by atoms with Gasteiger partial charge in [-0.25, -0.2) is 12.8 Å². The highest BCUT2D eigenvalue weighted by Crippen LogP contribution is 2.22. The molecule has 0 radical (unpaired) electrons. The van der Waals surface area contributed by atoms with E-state index in [1.54, 1.807) is 19.1 Å². The third kappa shape index (κ3) is 5.70. The van der Waals surface area contributed by atoms with Gasteiger partial charge in [-0.3, -0.25) is 4.79 Å². The predicted molar refractivity (Wildman–Crippen MR) is 109 cm³/mol. The van der Waals surface area contributed by atoms with E-state index >= 15 is 0 Å². The van der Waals surface area contributed by atoms with Crippen LogP contribution in [0.1, 0.15) is 19.8 Å². The number of nitrogens with zero attached hydrogens (tertiary/aromatic N) is 1. The molecule has 1 aliphatic rings. The maximum atomic E-state index is 12.9. The molecule has 1 atom stereocenters. The van der Waals surface area contributed by atoms with Crippen molar-refractivity contribution < 1.29 is 27.1 Å². The van der Waals surface area contributed by atoms with Crippen LogP contribution in [0.5, 0.6) is 11.5 Å². The summed E-state index contributed by atoms with van der Waals surface area (Å²) in [6.07, 6.45) is 1.03. The van der Waals surface area contributed by atoms with Crippen molar-refractivity contribution in [2.75, 3.05) is 26.2 Å². The van der Waals surface area contributed by atoms with Crippen molar-refractivity contribution >= 4 is 15.9 Å². The number of sulfonamides is 1. The molecule has 2 aromatic carbocycles. The smallest absolute Gasteiger partial charge is 0.260 e. The van der Waals surface area contributed by atoms with Crippen molar-refractivity contribution in [3.05, 3.63) is 54.3 Å². The summed E-state index contributed by atoms with van der Waals surface area (Å²) in [5.74, 6) is 0.216. The summed E-state index contributed by atoms with van der Waals surface area (Å²) < 4.78 is 50.4. The number of carbonyl (C=O) groups excluding carboxylic acids is 1. The zero-order valence-corrected chi connectivity index (χ0v) is 17.5. The summed E-state index contributed by atoms with van der Waals surface area (Å²) in [5.41, 5.74) is 0. The Morgan fingerprint density at radius 2 is 1.67 bits per heavy atom. The monoisotopic (exact) mass is 436 g/mol. The highest BCUT2D eigenvalue weighted by Gasteiger charge is 2.26. The Morgan fingerprint density at radius 1 is 1.07 bits per heavy atom. The molecule has 1 aliphatic heterocycles. The minimum Gasteiger partial charge on any atom is -0.492 e. The van der Waals surface area contributed by atoms with Crippen molar-refractivity contribution in [3.8, 4) is 11.5 Å². The Labute approximate surface area is 175 Å². The first kappa shape index (κ1) is 22.0. The molecular formula is C21H25FN2O5S. The van der Waals surface area contributed by atoms with E-state index in [0.29, 0.717) is 24.6 Å². The Kier molecular flexibility index (Phi) is 7.28. The van der Waals surface area contributed by atoms with Gasteiger partial charge >= 0.3 is 0 Å². The molecule has 1 saturated heterocycles. The third-order valence-electron chi connectivity index (χ3n) is 4.69. The molecule has 1 N–H and O–H groups in total. The minimum absolute atomic E-state index is 0.216. The Morgan fingerprint density at radius 3 is 2.30 bits per heavy atom. The average Bonchev–Trinajstić information content (AvgIpc) is 3.29. The van der Waals surface area contributed by atoms with Gasteiger partial charge in [-0.15, -0.1) is 0 Å². The lowest BCUT2D eigenvalue weighted by molar-refractivity contribution is -0.127. The fourth-order valence-electron chi connectivity index (χ4n) is 3.04. The standard InChI is InChI=1S/C21H25FN2O5S/c1-16(29-19-6-4-17(22)5-7-19)21(25)23-12-15-28-18-8-10-20(11-9-18)30(26,27)24-13-2-3-14-24/h4-11,16H,2-3,12-15H2,1H3,(H,23,25). The van der Waals surface area contributed by atoms with Crippen LogP contribution in [0.4, 0.5) is 4.39 Å². The van der Waals surface area contributed by atoms with Crippen LogP contribution in [0, 0.1) is 5.82 Å². The van der Waals surface area contributed by atoms with E-state index in [2.05, 4.69) is 5.32 Å². The fraction of sp³-hybridized carbons (Fsp3) is 0.381. The molecule has 30 heavy (non-hydrogen) atoms. The van der Waals surface area contributed by atoms with Crippen LogP contribution in [0.3, 0.4) is 0 Å². The highest BCUT2D eigenvalue weighted by atomic mass is 32.2. The maximum absolute atomic E-state index is 12.9. The van der Waals surface area contributed by atoms with Gasteiger partial charge in [0, 0.05) is 13.1 Å². The topological polar surface area (TPSA) is 84.9 Å². The largest absolute Gasteiger partial charge is 0.492 e. The van der Waals surface area contributed by atoms with E-state index in [1.807, 2.05) is 0 Å². The number of nitrogens with one attached hydrogen (secondary N) is 1. The number of amides is 1. The second-order valence-electron chi connectivity index (χ2n) is 6.94. The minimum atomic E-state index is -3.44. The quantitative estimate of drug-likeness (QED) is 0.611. The zero-order valence-electron chi connectivity index (χ0n) is 16.7. The van der Waals surface area contributed by atoms with E-state index in [4.69, 9.17) is 9.47 Å². The van der Waals surface area contributed by atoms with Gasteiger partial charge in [-0.1, -0.05) is 0 Å². The van der Waals surface area contributed by atoms with Crippen LogP contribution in [-0.2, 0) is 14.8 Å². The van der Waals surface area contributed by atoms with E-state index < -0.39 is 16.1 Å². The van der Waals surface area contributed by atoms with Gasteiger partial charge < -0.3 is 14.8 Å². The molecule has 9 heteroatoms. The molecule has 1 heterocycles. The van der Waals surface area contributed by atoms with E-state index in [9.17, 15) is 17.6 Å². The van der Waals surface area contributed by atoms with E-state index in [0.717, 1.165) is 12.8 Å². The average molecular weight is 437 g/mol. The van der Waals surface area contributed by atoms with Gasteiger partial charge in [0.05, 0.1) is 11.4 Å². The van der Waals surface area contributed by atoms with Gasteiger partial charge in [0.25, 0.3) is 5.91 Å². The molecule has 0 aromatic heterocycles. The van der Waals surface area contributed by atoms with Gasteiger partial charge in [0.1, 0.15) is 23.9 Å². The number of hydrogen-bond acceptors (Lipinski definition) is 5. The maximum Gasteiger partial charge on any atom is 0.260 e. The Bertz CT molecular complexity index is 942. The lowest BCUT2D eigenvalue weighted by Gasteiger charge is -2.16. The molecule has 1 unspecified atom stereocenters. The summed E-state index contributed by atoms with van der Waals surface area (Å²) in [4.78, 5) is 12.3. The molecule has 0 aliphatic carbocycles. The van der Waals surface area contributed by atoms with Gasteiger partial charge in [-0.2, -0.15) is 4.31 Å². The summed E-state index contributed by atoms with van der Waals surface area (Å²) in [5, 5.41) is 2.69. The van der Waals surface area contributed by atoms with Crippen molar-refractivity contribution in [3.63, 3.8) is 0 Å². The van der Waals surface area contributed by atoms with Crippen molar-refractivity contribution in [1.29, 1.82) is 0 Å². The summed E-state index contributed by atoms with van der Waals surface area (Å²) in [7, 11) is -3.44. The van der Waals surface area contributed by atoms with Crippen LogP contribution < -0.4 is 14.8 Å². The predicted octanol–water partition coefficient (Wildman–Crippen LogP) is 2.57. The molecule has 0 bridgehead atoms. The molecule has 1 fully saturated rings. The number of rotatable bonds is 9. The Hall–Kier alpha value is -2.65. The molecule has 1 amide bonds. The molecule has 3 rings (SSSR count). The summed E-state index contributed by atoms with van der Waals surface area (Å²) >= 11 is 0. The number of halogens is 1. The number of benzene rings is 2. The zero-order chi connectivity index (χ0) is 21.6.